The molecule has 0 bridgehead atoms. The molecule has 47 heavy (non-hydrogen) atoms. The Bertz CT molecular complexity index is 1490. The smallest absolute Gasteiger partial charge is 0.325 e. The normalized spacial score (nSPS) is 17.5. The molecule has 3 N–H and O–H groups in total. The summed E-state index contributed by atoms with van der Waals surface area (Å²) in [6.07, 6.45) is 7.58. The van der Waals surface area contributed by atoms with E-state index in [2.05, 4.69) is 61.5 Å². The number of carbonyl (C=O) groups excluding carboxylic acids is 4. The Morgan fingerprint density at radius 3 is 2.53 bits per heavy atom. The highest BCUT2D eigenvalue weighted by Crippen LogP contribution is 2.36. The Hall–Kier alpha value is -3.87. The van der Waals surface area contributed by atoms with Gasteiger partial charge in [-0.3, -0.25) is 29.2 Å². The summed E-state index contributed by atoms with van der Waals surface area (Å²) < 4.78 is 12.1. The molecule has 0 unspecified atom stereocenters. The van der Waals surface area contributed by atoms with Gasteiger partial charge in [-0.15, -0.1) is 0 Å². The van der Waals surface area contributed by atoms with Crippen molar-refractivity contribution in [2.75, 3.05) is 13.2 Å². The van der Waals surface area contributed by atoms with Gasteiger partial charge in [0.2, 0.25) is 11.8 Å². The van der Waals surface area contributed by atoms with Crippen LogP contribution in [0.3, 0.4) is 0 Å². The van der Waals surface area contributed by atoms with Crippen LogP contribution in [0, 0.1) is 0 Å². The maximum Gasteiger partial charge on any atom is 0.325 e. The molecule has 12 heteroatoms. The first kappa shape index (κ1) is 37.6. The van der Waals surface area contributed by atoms with Crippen molar-refractivity contribution in [3.8, 4) is 0 Å². The molecular weight excluding hydrogens is 614 g/mol. The van der Waals surface area contributed by atoms with Crippen molar-refractivity contribution < 1.29 is 28.3 Å². The maximum atomic E-state index is 13.4. The Kier molecular flexibility index (Phi) is 13.0. The van der Waals surface area contributed by atoms with Gasteiger partial charge in [-0.25, -0.2) is 5.43 Å². The minimum atomic E-state index is -2.23. The van der Waals surface area contributed by atoms with Gasteiger partial charge in [0.15, 0.2) is 8.32 Å². The van der Waals surface area contributed by atoms with Crippen molar-refractivity contribution in [1.29, 1.82) is 0 Å². The van der Waals surface area contributed by atoms with E-state index in [0.717, 1.165) is 22.0 Å². The van der Waals surface area contributed by atoms with Crippen molar-refractivity contribution >= 4 is 48.9 Å². The summed E-state index contributed by atoms with van der Waals surface area (Å²) in [7, 11) is -2.23. The van der Waals surface area contributed by atoms with Gasteiger partial charge in [-0.05, 0) is 80.9 Å². The zero-order valence-corrected chi connectivity index (χ0v) is 30.0. The number of hydrogen-bond acceptors (Lipinski definition) is 8. The highest BCUT2D eigenvalue weighted by Gasteiger charge is 2.39. The van der Waals surface area contributed by atoms with E-state index in [9.17, 15) is 19.2 Å². The first-order chi connectivity index (χ1) is 22.1. The lowest BCUT2D eigenvalue weighted by atomic mass is 10.0. The van der Waals surface area contributed by atoms with Crippen molar-refractivity contribution in [1.82, 2.24) is 26.1 Å². The summed E-state index contributed by atoms with van der Waals surface area (Å²) in [5.74, 6) is -1.72. The van der Waals surface area contributed by atoms with Gasteiger partial charge >= 0.3 is 5.97 Å². The second-order valence-electron chi connectivity index (χ2n) is 13.5. The number of amides is 3. The van der Waals surface area contributed by atoms with Crippen molar-refractivity contribution in [3.05, 3.63) is 60.5 Å². The predicted octanol–water partition coefficient (Wildman–Crippen LogP) is 4.96. The maximum absolute atomic E-state index is 13.4. The lowest BCUT2D eigenvalue weighted by Gasteiger charge is -2.37. The first-order valence-electron chi connectivity index (χ1n) is 16.2. The number of benzene rings is 1. The molecule has 3 amide bonds. The second-order valence-corrected chi connectivity index (χ2v) is 18.3. The van der Waals surface area contributed by atoms with E-state index < -0.39 is 50.3 Å². The monoisotopic (exact) mass is 665 g/mol. The third-order valence-electron chi connectivity index (χ3n) is 8.81. The molecule has 4 atom stereocenters. The van der Waals surface area contributed by atoms with E-state index in [1.54, 1.807) is 38.3 Å². The molecule has 2 aromatic rings. The number of fused-ring (bicyclic) bond motifs is 1. The lowest BCUT2D eigenvalue weighted by molar-refractivity contribution is -0.157. The molecule has 1 aromatic carbocycles. The fourth-order valence-corrected chi connectivity index (χ4v) is 5.78. The number of hydrogen-bond donors (Lipinski definition) is 3. The second kappa shape index (κ2) is 16.3. The zero-order valence-electron chi connectivity index (χ0n) is 29.0. The molecule has 1 saturated heterocycles. The van der Waals surface area contributed by atoms with Crippen LogP contribution < -0.4 is 16.1 Å². The van der Waals surface area contributed by atoms with Crippen LogP contribution in [-0.2, 0) is 28.3 Å². The molecule has 2 heterocycles. The van der Waals surface area contributed by atoms with Gasteiger partial charge in [0.05, 0.1) is 12.3 Å². The number of nitrogens with one attached hydrogen (secondary N) is 3. The Labute approximate surface area is 279 Å². The van der Waals surface area contributed by atoms with Crippen molar-refractivity contribution in [2.45, 2.75) is 103 Å². The predicted molar refractivity (Wildman–Crippen MR) is 186 cm³/mol. The van der Waals surface area contributed by atoms with Gasteiger partial charge in [0.1, 0.15) is 24.2 Å². The Morgan fingerprint density at radius 1 is 1.15 bits per heavy atom. The van der Waals surface area contributed by atoms with Crippen molar-refractivity contribution in [3.63, 3.8) is 0 Å². The van der Waals surface area contributed by atoms with Crippen LogP contribution in [0.2, 0.25) is 18.1 Å². The van der Waals surface area contributed by atoms with E-state index in [4.69, 9.17) is 9.16 Å². The average Bonchev–Trinajstić information content (AvgIpc) is 3.03. The van der Waals surface area contributed by atoms with Crippen LogP contribution in [0.1, 0.15) is 78.2 Å². The van der Waals surface area contributed by atoms with E-state index in [1.165, 1.54) is 5.01 Å². The van der Waals surface area contributed by atoms with Gasteiger partial charge in [-0.2, -0.15) is 0 Å². The summed E-state index contributed by atoms with van der Waals surface area (Å²) in [6.45, 7) is 19.7. The van der Waals surface area contributed by atoms with E-state index in [-0.39, 0.29) is 24.0 Å². The summed E-state index contributed by atoms with van der Waals surface area (Å²) in [5, 5.41) is 8.69. The molecule has 3 rings (SSSR count). The molecule has 1 aliphatic rings. The zero-order chi connectivity index (χ0) is 34.9. The van der Waals surface area contributed by atoms with Crippen molar-refractivity contribution in [2.24, 2.45) is 0 Å². The third kappa shape index (κ3) is 10.3. The number of allylic oxidation sites excluding steroid dienone is 1. The number of hydrazine groups is 1. The van der Waals surface area contributed by atoms with Crippen LogP contribution in [-0.4, -0.2) is 73.3 Å². The first-order valence-corrected chi connectivity index (χ1v) is 19.1. The van der Waals surface area contributed by atoms with Gasteiger partial charge in [-0.1, -0.05) is 51.6 Å². The highest BCUT2D eigenvalue weighted by atomic mass is 28.4. The summed E-state index contributed by atoms with van der Waals surface area (Å²) in [6, 6.07) is 5.08. The van der Waals surface area contributed by atoms with E-state index in [1.807, 2.05) is 31.2 Å². The average molecular weight is 666 g/mol. The molecule has 0 radical (unpaired) electrons. The molecular formula is C35H51N5O6Si. The van der Waals surface area contributed by atoms with Gasteiger partial charge in [0, 0.05) is 24.5 Å². The molecule has 11 nitrogen and oxygen atoms in total. The third-order valence-corrected chi connectivity index (χ3v) is 13.3. The topological polar surface area (TPSA) is 139 Å². The van der Waals surface area contributed by atoms with Crippen LogP contribution in [0.5, 0.6) is 0 Å². The van der Waals surface area contributed by atoms with Gasteiger partial charge < -0.3 is 19.8 Å². The molecule has 256 valence electrons. The Balaban J connectivity index is 1.62. The summed E-state index contributed by atoms with van der Waals surface area (Å²) >= 11 is 0. The number of ether oxygens (including phenoxy) is 1. The van der Waals surface area contributed by atoms with Crippen LogP contribution >= 0.6 is 0 Å². The molecule has 0 aliphatic carbocycles. The standard InChI is InChI=1S/C35H51N5O6Si/c1-10-12-15-31(41)38-30(22-45-47(8,9)35(5,6)7)32(42)37-23(3)33(43)40-18-13-14-29(39-40)34(44)46-24(4)25-16-17-26-21-36-28(11-2)20-27(26)19-25/h10-12,16-17,19-21,23-24,29-30,39H,2,13-15,18,22H2,1,3-9H3,(H,37,42)(H,38,41)/t23-,24+,29-,30-/m0/s1. The molecule has 1 aromatic heterocycles. The number of nitrogens with zero attached hydrogens (tertiary/aromatic N) is 2. The van der Waals surface area contributed by atoms with Crippen LogP contribution in [0.4, 0.5) is 0 Å². The quantitative estimate of drug-likeness (QED) is 0.155. The fourth-order valence-electron chi connectivity index (χ4n) is 4.76. The molecule has 0 spiro atoms. The highest BCUT2D eigenvalue weighted by molar-refractivity contribution is 6.74. The Morgan fingerprint density at radius 2 is 1.87 bits per heavy atom. The van der Waals surface area contributed by atoms with E-state index >= 15 is 0 Å². The minimum Gasteiger partial charge on any atom is -0.457 e. The largest absolute Gasteiger partial charge is 0.457 e. The van der Waals surface area contributed by atoms with Crippen LogP contribution in [0.15, 0.2) is 49.2 Å². The lowest BCUT2D eigenvalue weighted by Crippen LogP contribution is -2.61. The van der Waals surface area contributed by atoms with Crippen LogP contribution in [0.25, 0.3) is 16.8 Å². The number of esters is 1. The SMILES string of the molecule is C=Cc1cc2cc([C@@H](C)OC(=O)[C@@H]3CCCN(C(=O)[C@H](C)NC(=O)[C@H](CO[Si](C)(C)C(C)(C)C)NC(=O)CC=CC)N3)ccc2cn1. The number of pyridine rings is 1. The number of aromatic nitrogens is 1. The number of rotatable bonds is 13. The summed E-state index contributed by atoms with van der Waals surface area (Å²) in [5.41, 5.74) is 4.58. The molecule has 1 aliphatic heterocycles. The number of carbonyl (C=O) groups is 4. The minimum absolute atomic E-state index is 0.0115. The van der Waals surface area contributed by atoms with E-state index in [0.29, 0.717) is 19.4 Å². The summed E-state index contributed by atoms with van der Waals surface area (Å²) in [4.78, 5) is 56.8. The molecule has 1 fully saturated rings. The molecule has 0 saturated carbocycles. The van der Waals surface area contributed by atoms with Gasteiger partial charge in [0.25, 0.3) is 5.91 Å². The fraction of sp³-hybridized carbons (Fsp3) is 0.514.